The highest BCUT2D eigenvalue weighted by Gasteiger charge is 2.24. The molecule has 0 aliphatic carbocycles. The summed E-state index contributed by atoms with van der Waals surface area (Å²) in [5.74, 6) is 3.62. The first-order valence-corrected chi connectivity index (χ1v) is 10.7. The van der Waals surface area contributed by atoms with Gasteiger partial charge in [-0.15, -0.1) is 0 Å². The van der Waals surface area contributed by atoms with E-state index in [-0.39, 0.29) is 12.5 Å². The molecule has 2 aromatic carbocycles. The Kier molecular flexibility index (Phi) is 5.76. The van der Waals surface area contributed by atoms with Gasteiger partial charge in [-0.05, 0) is 50.2 Å². The molecule has 0 atom stereocenters. The normalized spacial score (nSPS) is 12.5. The fourth-order valence-electron chi connectivity index (χ4n) is 3.13. The molecule has 0 radical (unpaired) electrons. The molecule has 6 nitrogen and oxygen atoms in total. The van der Waals surface area contributed by atoms with Crippen LogP contribution in [-0.4, -0.2) is 28.9 Å². The summed E-state index contributed by atoms with van der Waals surface area (Å²) in [6.07, 6.45) is 0. The number of thioether (sulfide) groups is 1. The smallest absolute Gasteiger partial charge is 0.263 e. The van der Waals surface area contributed by atoms with E-state index in [1.807, 2.05) is 54.9 Å². The first kappa shape index (κ1) is 19.4. The molecule has 0 saturated heterocycles. The zero-order chi connectivity index (χ0) is 20.2. The molecule has 1 N–H and O–H groups in total. The van der Waals surface area contributed by atoms with Crippen molar-refractivity contribution in [3.8, 4) is 17.2 Å². The van der Waals surface area contributed by atoms with Gasteiger partial charge < -0.3 is 14.8 Å². The van der Waals surface area contributed by atoms with E-state index in [4.69, 9.17) is 14.6 Å². The van der Waals surface area contributed by atoms with Crippen LogP contribution in [0, 0.1) is 6.92 Å². The molecule has 1 aliphatic rings. The van der Waals surface area contributed by atoms with Crippen LogP contribution in [-0.2, 0) is 16.3 Å². The Morgan fingerprint density at radius 2 is 1.76 bits per heavy atom. The molecular formula is C22H23N3O3S. The summed E-state index contributed by atoms with van der Waals surface area (Å²) in [5.41, 5.74) is 4.22. The third-order valence-electron chi connectivity index (χ3n) is 4.59. The lowest BCUT2D eigenvalue weighted by Crippen LogP contribution is -2.22. The van der Waals surface area contributed by atoms with Crippen LogP contribution >= 0.6 is 11.8 Å². The second-order valence-corrected chi connectivity index (χ2v) is 7.74. The van der Waals surface area contributed by atoms with Gasteiger partial charge in [0, 0.05) is 17.1 Å². The van der Waals surface area contributed by atoms with Gasteiger partial charge in [0.05, 0.1) is 18.0 Å². The number of hydrogen-bond acceptors (Lipinski definition) is 5. The predicted molar refractivity (Wildman–Crippen MR) is 115 cm³/mol. The summed E-state index contributed by atoms with van der Waals surface area (Å²) < 4.78 is 12.9. The zero-order valence-corrected chi connectivity index (χ0v) is 17.3. The van der Waals surface area contributed by atoms with Crippen LogP contribution in [0.5, 0.6) is 11.5 Å². The maximum Gasteiger partial charge on any atom is 0.263 e. The minimum atomic E-state index is -0.216. The van der Waals surface area contributed by atoms with Crippen LogP contribution in [0.4, 0.5) is 5.82 Å². The van der Waals surface area contributed by atoms with E-state index in [1.54, 1.807) is 23.9 Å². The van der Waals surface area contributed by atoms with Gasteiger partial charge in [-0.2, -0.15) is 16.9 Å². The Labute approximate surface area is 174 Å². The minimum Gasteiger partial charge on any atom is -0.494 e. The third kappa shape index (κ3) is 4.40. The number of hydrogen-bond donors (Lipinski definition) is 1. The van der Waals surface area contributed by atoms with Gasteiger partial charge in [-0.25, -0.2) is 4.68 Å². The average molecular weight is 410 g/mol. The number of ether oxygens (including phenoxy) is 2. The van der Waals surface area contributed by atoms with Crippen molar-refractivity contribution in [3.63, 3.8) is 0 Å². The van der Waals surface area contributed by atoms with E-state index in [1.165, 1.54) is 5.56 Å². The number of aromatic nitrogens is 2. The summed E-state index contributed by atoms with van der Waals surface area (Å²) in [7, 11) is 0. The van der Waals surface area contributed by atoms with Crippen LogP contribution < -0.4 is 14.8 Å². The molecule has 1 amide bonds. The summed E-state index contributed by atoms with van der Waals surface area (Å²) in [6, 6.07) is 15.3. The largest absolute Gasteiger partial charge is 0.494 e. The van der Waals surface area contributed by atoms with E-state index < -0.39 is 0 Å². The van der Waals surface area contributed by atoms with Crippen molar-refractivity contribution < 1.29 is 14.3 Å². The topological polar surface area (TPSA) is 65.4 Å². The quantitative estimate of drug-likeness (QED) is 0.629. The zero-order valence-electron chi connectivity index (χ0n) is 16.5. The summed E-state index contributed by atoms with van der Waals surface area (Å²) in [6.45, 7) is 4.52. The number of carbonyl (C=O) groups excluding carboxylic acids is 1. The second kappa shape index (κ2) is 8.61. The maximum absolute atomic E-state index is 12.6. The molecule has 1 aromatic heterocycles. The van der Waals surface area contributed by atoms with Gasteiger partial charge in [0.15, 0.2) is 6.61 Å². The third-order valence-corrected chi connectivity index (χ3v) is 5.56. The molecule has 0 fully saturated rings. The van der Waals surface area contributed by atoms with E-state index in [0.29, 0.717) is 12.4 Å². The first-order chi connectivity index (χ1) is 14.1. The Balaban J connectivity index is 1.47. The van der Waals surface area contributed by atoms with Crippen molar-refractivity contribution in [1.29, 1.82) is 0 Å². The van der Waals surface area contributed by atoms with Gasteiger partial charge in [-0.1, -0.05) is 17.7 Å². The number of aryl methyl sites for hydroxylation is 1. The summed E-state index contributed by atoms with van der Waals surface area (Å²) in [5, 5.41) is 7.72. The lowest BCUT2D eigenvalue weighted by Gasteiger charge is -2.12. The molecule has 0 saturated carbocycles. The average Bonchev–Trinajstić information content (AvgIpc) is 3.31. The van der Waals surface area contributed by atoms with Crippen LogP contribution in [0.2, 0.25) is 0 Å². The molecule has 2 heterocycles. The number of benzene rings is 2. The predicted octanol–water partition coefficient (Wildman–Crippen LogP) is 4.34. The van der Waals surface area contributed by atoms with Crippen LogP contribution in [0.25, 0.3) is 5.69 Å². The Morgan fingerprint density at radius 3 is 2.45 bits per heavy atom. The highest BCUT2D eigenvalue weighted by atomic mass is 32.2. The van der Waals surface area contributed by atoms with Gasteiger partial charge in [0.25, 0.3) is 5.91 Å². The molecule has 7 heteroatoms. The van der Waals surface area contributed by atoms with Crippen LogP contribution in [0.1, 0.15) is 23.7 Å². The molecule has 29 heavy (non-hydrogen) atoms. The molecule has 0 spiro atoms. The van der Waals surface area contributed by atoms with Crippen LogP contribution in [0.3, 0.4) is 0 Å². The van der Waals surface area contributed by atoms with E-state index in [9.17, 15) is 4.79 Å². The van der Waals surface area contributed by atoms with E-state index in [2.05, 4.69) is 5.32 Å². The van der Waals surface area contributed by atoms with Gasteiger partial charge in [0.2, 0.25) is 0 Å². The maximum atomic E-state index is 12.6. The fourth-order valence-corrected chi connectivity index (χ4v) is 4.16. The van der Waals surface area contributed by atoms with Crippen molar-refractivity contribution in [2.75, 3.05) is 18.5 Å². The lowest BCUT2D eigenvalue weighted by molar-refractivity contribution is -0.118. The summed E-state index contributed by atoms with van der Waals surface area (Å²) in [4.78, 5) is 12.6. The Morgan fingerprint density at radius 1 is 1.07 bits per heavy atom. The van der Waals surface area contributed by atoms with E-state index >= 15 is 0 Å². The molecule has 1 aliphatic heterocycles. The van der Waals surface area contributed by atoms with Gasteiger partial charge in [0.1, 0.15) is 17.3 Å². The molecule has 3 aromatic rings. The molecule has 4 rings (SSSR count). The molecular weight excluding hydrogens is 386 g/mol. The van der Waals surface area contributed by atoms with E-state index in [0.717, 1.165) is 40.0 Å². The minimum absolute atomic E-state index is 0.0744. The standard InChI is InChI=1S/C22H23N3O3S/c1-3-27-17-8-10-18(11-9-17)28-12-21(26)23-22-19-13-29-14-20(19)24-25(22)16-6-4-15(2)5-7-16/h4-11H,3,12-14H2,1-2H3,(H,23,26). The molecule has 0 bridgehead atoms. The number of nitrogens with one attached hydrogen (secondary N) is 1. The van der Waals surface area contributed by atoms with Crippen molar-refractivity contribution in [1.82, 2.24) is 9.78 Å². The molecule has 150 valence electrons. The Hall–Kier alpha value is -2.93. The number of carbonyl (C=O) groups is 1. The number of anilines is 1. The van der Waals surface area contributed by atoms with Crippen molar-refractivity contribution in [3.05, 3.63) is 65.4 Å². The lowest BCUT2D eigenvalue weighted by atomic mass is 10.2. The monoisotopic (exact) mass is 409 g/mol. The SMILES string of the molecule is CCOc1ccc(OCC(=O)Nc2c3c(nn2-c2ccc(C)cc2)CSC3)cc1. The number of rotatable bonds is 7. The highest BCUT2D eigenvalue weighted by molar-refractivity contribution is 7.98. The van der Waals surface area contributed by atoms with Crippen LogP contribution in [0.15, 0.2) is 48.5 Å². The number of fused-ring (bicyclic) bond motifs is 1. The highest BCUT2D eigenvalue weighted by Crippen LogP contribution is 2.36. The first-order valence-electron chi connectivity index (χ1n) is 9.55. The number of amides is 1. The molecule has 0 unspecified atom stereocenters. The fraction of sp³-hybridized carbons (Fsp3) is 0.273. The van der Waals surface area contributed by atoms with Gasteiger partial charge >= 0.3 is 0 Å². The van der Waals surface area contributed by atoms with Crippen molar-refractivity contribution >= 4 is 23.5 Å². The number of nitrogens with zero attached hydrogens (tertiary/aromatic N) is 2. The van der Waals surface area contributed by atoms with Crippen molar-refractivity contribution in [2.24, 2.45) is 0 Å². The second-order valence-electron chi connectivity index (χ2n) is 6.76. The summed E-state index contributed by atoms with van der Waals surface area (Å²) >= 11 is 1.80. The van der Waals surface area contributed by atoms with Gasteiger partial charge in [-0.3, -0.25) is 4.79 Å². The van der Waals surface area contributed by atoms with Crippen molar-refractivity contribution in [2.45, 2.75) is 25.4 Å². The Bertz CT molecular complexity index is 997.